The maximum Gasteiger partial charge on any atom is 0.252 e. The first-order valence-corrected chi connectivity index (χ1v) is 12.0. The zero-order chi connectivity index (χ0) is 19.6. The molecule has 0 unspecified atom stereocenters. The number of carbonyl (C=O) groups excluding carboxylic acids is 1. The molecule has 3 aromatic rings. The lowest BCUT2D eigenvalue weighted by Crippen LogP contribution is -2.27. The van der Waals surface area contributed by atoms with Crippen molar-refractivity contribution < 1.29 is 13.2 Å². The highest BCUT2D eigenvalue weighted by Gasteiger charge is 2.28. The molecule has 2 aromatic heterocycles. The SMILES string of the molecule is O=C(Cc1ccc(S(=O)(=O)N2CCCC2)s1)Nc1ncc(-c2ccccc2)s1. The van der Waals surface area contributed by atoms with Gasteiger partial charge in [0.05, 0.1) is 11.3 Å². The molecule has 146 valence electrons. The normalized spacial score (nSPS) is 15.0. The summed E-state index contributed by atoms with van der Waals surface area (Å²) in [6, 6.07) is 13.2. The van der Waals surface area contributed by atoms with Gasteiger partial charge in [0.25, 0.3) is 10.0 Å². The van der Waals surface area contributed by atoms with Crippen LogP contribution in [0.3, 0.4) is 0 Å². The first kappa shape index (κ1) is 19.3. The van der Waals surface area contributed by atoms with Crippen LogP contribution < -0.4 is 5.32 Å². The zero-order valence-corrected chi connectivity index (χ0v) is 17.4. The molecule has 1 N–H and O–H groups in total. The van der Waals surface area contributed by atoms with E-state index in [1.54, 1.807) is 18.3 Å². The Bertz CT molecular complexity index is 1070. The Kier molecular flexibility index (Phi) is 5.58. The molecule has 0 bridgehead atoms. The van der Waals surface area contributed by atoms with Crippen LogP contribution in [0.1, 0.15) is 17.7 Å². The third-order valence-corrected chi connectivity index (χ3v) is 8.85. The number of sulfonamides is 1. The number of anilines is 1. The lowest BCUT2D eigenvalue weighted by molar-refractivity contribution is -0.115. The molecular weight excluding hydrogens is 414 g/mol. The predicted molar refractivity (Wildman–Crippen MR) is 112 cm³/mol. The Morgan fingerprint density at radius 3 is 2.57 bits per heavy atom. The van der Waals surface area contributed by atoms with Crippen molar-refractivity contribution in [1.82, 2.24) is 9.29 Å². The van der Waals surface area contributed by atoms with Crippen molar-refractivity contribution >= 4 is 43.7 Å². The van der Waals surface area contributed by atoms with E-state index in [0.29, 0.717) is 22.4 Å². The molecule has 1 aliphatic rings. The number of amides is 1. The van der Waals surface area contributed by atoms with Crippen LogP contribution in [0, 0.1) is 0 Å². The van der Waals surface area contributed by atoms with Gasteiger partial charge in [-0.1, -0.05) is 41.7 Å². The second-order valence-corrected chi connectivity index (χ2v) is 10.8. The minimum atomic E-state index is -3.43. The molecule has 1 saturated heterocycles. The van der Waals surface area contributed by atoms with Crippen LogP contribution in [0.4, 0.5) is 5.13 Å². The third-order valence-electron chi connectivity index (χ3n) is 4.44. The summed E-state index contributed by atoms with van der Waals surface area (Å²) < 4.78 is 27.0. The van der Waals surface area contributed by atoms with Gasteiger partial charge in [0.1, 0.15) is 4.21 Å². The summed E-state index contributed by atoms with van der Waals surface area (Å²) in [6.07, 6.45) is 3.67. The largest absolute Gasteiger partial charge is 0.302 e. The van der Waals surface area contributed by atoms with E-state index in [4.69, 9.17) is 0 Å². The van der Waals surface area contributed by atoms with Crippen molar-refractivity contribution in [3.8, 4) is 10.4 Å². The highest BCUT2D eigenvalue weighted by Crippen LogP contribution is 2.30. The molecule has 0 saturated carbocycles. The van der Waals surface area contributed by atoms with Crippen LogP contribution in [-0.4, -0.2) is 36.7 Å². The van der Waals surface area contributed by atoms with Gasteiger partial charge in [0, 0.05) is 24.2 Å². The molecule has 0 aliphatic carbocycles. The molecule has 1 aliphatic heterocycles. The summed E-state index contributed by atoms with van der Waals surface area (Å²) in [5.41, 5.74) is 1.05. The van der Waals surface area contributed by atoms with Crippen LogP contribution in [0.5, 0.6) is 0 Å². The Morgan fingerprint density at radius 2 is 1.82 bits per heavy atom. The average molecular weight is 434 g/mol. The fraction of sp³-hybridized carbons (Fsp3) is 0.263. The zero-order valence-electron chi connectivity index (χ0n) is 15.0. The molecule has 6 nitrogen and oxygen atoms in total. The number of benzene rings is 1. The number of rotatable bonds is 6. The number of hydrogen-bond acceptors (Lipinski definition) is 6. The fourth-order valence-corrected chi connectivity index (χ4v) is 6.90. The number of aromatic nitrogens is 1. The minimum Gasteiger partial charge on any atom is -0.302 e. The first-order valence-electron chi connectivity index (χ1n) is 8.92. The van der Waals surface area contributed by atoms with E-state index in [0.717, 1.165) is 39.5 Å². The van der Waals surface area contributed by atoms with E-state index < -0.39 is 10.0 Å². The highest BCUT2D eigenvalue weighted by molar-refractivity contribution is 7.91. The van der Waals surface area contributed by atoms with E-state index in [9.17, 15) is 13.2 Å². The summed E-state index contributed by atoms with van der Waals surface area (Å²) in [6.45, 7) is 1.15. The quantitative estimate of drug-likeness (QED) is 0.641. The van der Waals surface area contributed by atoms with Gasteiger partial charge in [0.2, 0.25) is 5.91 Å². The molecule has 1 aromatic carbocycles. The van der Waals surface area contributed by atoms with Crippen molar-refractivity contribution in [2.24, 2.45) is 0 Å². The second kappa shape index (κ2) is 8.12. The molecule has 9 heteroatoms. The number of carbonyl (C=O) groups is 1. The summed E-state index contributed by atoms with van der Waals surface area (Å²) in [5.74, 6) is -0.207. The number of nitrogens with one attached hydrogen (secondary N) is 1. The van der Waals surface area contributed by atoms with Gasteiger partial charge in [0.15, 0.2) is 5.13 Å². The van der Waals surface area contributed by atoms with Crippen molar-refractivity contribution in [3.63, 3.8) is 0 Å². The predicted octanol–water partition coefficient (Wildman–Crippen LogP) is 3.84. The molecule has 4 rings (SSSR count). The van der Waals surface area contributed by atoms with Crippen LogP contribution in [0.25, 0.3) is 10.4 Å². The topological polar surface area (TPSA) is 79.4 Å². The molecule has 28 heavy (non-hydrogen) atoms. The fourth-order valence-electron chi connectivity index (χ4n) is 3.04. The monoisotopic (exact) mass is 433 g/mol. The van der Waals surface area contributed by atoms with E-state index in [1.165, 1.54) is 15.6 Å². The smallest absolute Gasteiger partial charge is 0.252 e. The first-order chi connectivity index (χ1) is 13.5. The van der Waals surface area contributed by atoms with Crippen LogP contribution >= 0.6 is 22.7 Å². The molecule has 0 radical (unpaired) electrons. The summed E-state index contributed by atoms with van der Waals surface area (Å²) in [5, 5.41) is 3.33. The maximum absolute atomic E-state index is 12.6. The minimum absolute atomic E-state index is 0.125. The Morgan fingerprint density at radius 1 is 1.07 bits per heavy atom. The number of hydrogen-bond donors (Lipinski definition) is 1. The lowest BCUT2D eigenvalue weighted by Gasteiger charge is -2.13. The van der Waals surface area contributed by atoms with E-state index in [2.05, 4.69) is 10.3 Å². The number of nitrogens with zero attached hydrogens (tertiary/aromatic N) is 2. The number of thiophene rings is 1. The van der Waals surface area contributed by atoms with Gasteiger partial charge in [-0.3, -0.25) is 4.79 Å². The van der Waals surface area contributed by atoms with E-state index in [-0.39, 0.29) is 12.3 Å². The maximum atomic E-state index is 12.6. The van der Waals surface area contributed by atoms with E-state index in [1.807, 2.05) is 30.3 Å². The van der Waals surface area contributed by atoms with E-state index >= 15 is 0 Å². The Labute approximate surface area is 171 Å². The number of thiazole rings is 1. The molecular formula is C19H19N3O3S3. The van der Waals surface area contributed by atoms with Crippen molar-refractivity contribution in [2.45, 2.75) is 23.5 Å². The van der Waals surface area contributed by atoms with Gasteiger partial charge >= 0.3 is 0 Å². The van der Waals surface area contributed by atoms with Crippen molar-refractivity contribution in [1.29, 1.82) is 0 Å². The Balaban J connectivity index is 1.40. The molecule has 1 amide bonds. The van der Waals surface area contributed by atoms with Crippen molar-refractivity contribution in [3.05, 3.63) is 53.5 Å². The van der Waals surface area contributed by atoms with Crippen LogP contribution in [0.15, 0.2) is 52.9 Å². The standard InChI is InChI=1S/C19H19N3O3S3/c23-17(21-19-20-13-16(27-19)14-6-2-1-3-7-14)12-15-8-9-18(26-15)28(24,25)22-10-4-5-11-22/h1-3,6-9,13H,4-5,10-12H2,(H,20,21,23). The highest BCUT2D eigenvalue weighted by atomic mass is 32.2. The summed E-state index contributed by atoms with van der Waals surface area (Å²) in [4.78, 5) is 18.3. The van der Waals surface area contributed by atoms with Gasteiger partial charge in [-0.2, -0.15) is 4.31 Å². The Hall–Kier alpha value is -2.07. The van der Waals surface area contributed by atoms with Gasteiger partial charge < -0.3 is 5.32 Å². The van der Waals surface area contributed by atoms with Gasteiger partial charge in [-0.05, 0) is 30.5 Å². The second-order valence-electron chi connectivity index (χ2n) is 6.45. The average Bonchev–Trinajstić information content (AvgIpc) is 3.44. The summed E-state index contributed by atoms with van der Waals surface area (Å²) >= 11 is 2.57. The van der Waals surface area contributed by atoms with Crippen LogP contribution in [-0.2, 0) is 21.2 Å². The molecule has 1 fully saturated rings. The van der Waals surface area contributed by atoms with Gasteiger partial charge in [-0.15, -0.1) is 11.3 Å². The van der Waals surface area contributed by atoms with Crippen LogP contribution in [0.2, 0.25) is 0 Å². The summed E-state index contributed by atoms with van der Waals surface area (Å²) in [7, 11) is -3.43. The molecule has 3 heterocycles. The van der Waals surface area contributed by atoms with Gasteiger partial charge in [-0.25, -0.2) is 13.4 Å². The third kappa shape index (κ3) is 4.17. The molecule has 0 spiro atoms. The lowest BCUT2D eigenvalue weighted by atomic mass is 10.2. The van der Waals surface area contributed by atoms with Crippen molar-refractivity contribution in [2.75, 3.05) is 18.4 Å². The molecule has 0 atom stereocenters.